The largest absolute Gasteiger partial charge is 0.354 e. The Morgan fingerprint density at radius 3 is 2.29 bits per heavy atom. The van der Waals surface area contributed by atoms with Crippen molar-refractivity contribution in [3.63, 3.8) is 0 Å². The van der Waals surface area contributed by atoms with Crippen molar-refractivity contribution in [3.05, 3.63) is 71.5 Å². The average molecular weight is 328 g/mol. The summed E-state index contributed by atoms with van der Waals surface area (Å²) >= 11 is 0. The monoisotopic (exact) mass is 328 g/mol. The molecule has 0 saturated carbocycles. The Morgan fingerprint density at radius 1 is 1.00 bits per heavy atom. The highest BCUT2D eigenvalue weighted by atomic mass is 19.1. The first-order chi connectivity index (χ1) is 11.5. The van der Waals surface area contributed by atoms with Gasteiger partial charge in [-0.15, -0.1) is 0 Å². The molecule has 0 saturated heterocycles. The lowest BCUT2D eigenvalue weighted by atomic mass is 10.1. The van der Waals surface area contributed by atoms with Gasteiger partial charge in [0.15, 0.2) is 0 Å². The third kappa shape index (κ3) is 5.83. The summed E-state index contributed by atoms with van der Waals surface area (Å²) in [5, 5.41) is 2.82. The molecule has 2 aromatic carbocycles. The van der Waals surface area contributed by atoms with Gasteiger partial charge in [-0.1, -0.05) is 42.5 Å². The van der Waals surface area contributed by atoms with Crippen LogP contribution in [-0.4, -0.2) is 29.8 Å². The molecule has 1 N–H and O–H groups in total. The van der Waals surface area contributed by atoms with Gasteiger partial charge in [-0.2, -0.15) is 0 Å². The van der Waals surface area contributed by atoms with Crippen molar-refractivity contribution < 1.29 is 14.0 Å². The van der Waals surface area contributed by atoms with Gasteiger partial charge in [0.1, 0.15) is 5.82 Å². The molecule has 0 aliphatic heterocycles. The lowest BCUT2D eigenvalue weighted by Crippen LogP contribution is -2.39. The van der Waals surface area contributed by atoms with E-state index in [0.29, 0.717) is 6.54 Å². The fourth-order valence-corrected chi connectivity index (χ4v) is 2.31. The molecule has 0 atom stereocenters. The maximum absolute atomic E-state index is 12.9. The Morgan fingerprint density at radius 2 is 1.67 bits per heavy atom. The SMILES string of the molecule is CC(=O)N(CC(=O)NCCc1ccccc1)Cc1ccc(F)cc1. The first kappa shape index (κ1) is 17.7. The quantitative estimate of drug-likeness (QED) is 0.849. The summed E-state index contributed by atoms with van der Waals surface area (Å²) in [5.74, 6) is -0.729. The van der Waals surface area contributed by atoms with Gasteiger partial charge in [-0.05, 0) is 29.7 Å². The summed E-state index contributed by atoms with van der Waals surface area (Å²) in [4.78, 5) is 25.2. The van der Waals surface area contributed by atoms with Crippen molar-refractivity contribution in [2.24, 2.45) is 0 Å². The van der Waals surface area contributed by atoms with Gasteiger partial charge in [0.2, 0.25) is 11.8 Å². The lowest BCUT2D eigenvalue weighted by Gasteiger charge is -2.20. The van der Waals surface area contributed by atoms with E-state index < -0.39 is 0 Å². The molecule has 0 heterocycles. The van der Waals surface area contributed by atoms with Gasteiger partial charge in [0, 0.05) is 20.0 Å². The number of rotatable bonds is 7. The number of amides is 2. The van der Waals surface area contributed by atoms with E-state index >= 15 is 0 Å². The molecule has 24 heavy (non-hydrogen) atoms. The van der Waals surface area contributed by atoms with Crippen LogP contribution in [0.1, 0.15) is 18.1 Å². The Hall–Kier alpha value is -2.69. The van der Waals surface area contributed by atoms with Crippen molar-refractivity contribution in [2.75, 3.05) is 13.1 Å². The number of hydrogen-bond acceptors (Lipinski definition) is 2. The summed E-state index contributed by atoms with van der Waals surface area (Å²) in [6.07, 6.45) is 0.741. The van der Waals surface area contributed by atoms with Crippen molar-refractivity contribution in [3.8, 4) is 0 Å². The Kier molecular flexibility index (Phi) is 6.49. The maximum atomic E-state index is 12.9. The highest BCUT2D eigenvalue weighted by molar-refractivity contribution is 5.83. The van der Waals surface area contributed by atoms with Gasteiger partial charge in [0.25, 0.3) is 0 Å². The fraction of sp³-hybridized carbons (Fsp3) is 0.263. The normalized spacial score (nSPS) is 10.2. The van der Waals surface area contributed by atoms with Gasteiger partial charge in [-0.25, -0.2) is 4.39 Å². The molecule has 0 aromatic heterocycles. The molecule has 0 unspecified atom stereocenters. The van der Waals surface area contributed by atoms with Crippen LogP contribution in [0.2, 0.25) is 0 Å². The van der Waals surface area contributed by atoms with Crippen LogP contribution in [0, 0.1) is 5.82 Å². The van der Waals surface area contributed by atoms with Crippen molar-refractivity contribution in [2.45, 2.75) is 19.9 Å². The summed E-state index contributed by atoms with van der Waals surface area (Å²) in [6, 6.07) is 15.8. The van der Waals surface area contributed by atoms with Gasteiger partial charge >= 0.3 is 0 Å². The summed E-state index contributed by atoms with van der Waals surface area (Å²) in [5.41, 5.74) is 1.93. The number of carbonyl (C=O) groups excluding carboxylic acids is 2. The minimum absolute atomic E-state index is 0.0124. The van der Waals surface area contributed by atoms with Gasteiger partial charge in [0.05, 0.1) is 6.54 Å². The summed E-state index contributed by atoms with van der Waals surface area (Å²) in [6.45, 7) is 2.20. The molecule has 0 aliphatic rings. The minimum Gasteiger partial charge on any atom is -0.354 e. The van der Waals surface area contributed by atoms with Crippen LogP contribution < -0.4 is 5.32 Å². The van der Waals surface area contributed by atoms with Crippen LogP contribution in [0.3, 0.4) is 0 Å². The van der Waals surface area contributed by atoms with Crippen LogP contribution in [0.15, 0.2) is 54.6 Å². The topological polar surface area (TPSA) is 49.4 Å². The molecule has 2 rings (SSSR count). The van der Waals surface area contributed by atoms with Crippen LogP contribution >= 0.6 is 0 Å². The highest BCUT2D eigenvalue weighted by Gasteiger charge is 2.14. The molecule has 4 nitrogen and oxygen atoms in total. The van der Waals surface area contributed by atoms with E-state index in [0.717, 1.165) is 17.5 Å². The lowest BCUT2D eigenvalue weighted by molar-refractivity contribution is -0.134. The second kappa shape index (κ2) is 8.82. The zero-order valence-electron chi connectivity index (χ0n) is 13.7. The van der Waals surface area contributed by atoms with E-state index in [-0.39, 0.29) is 30.7 Å². The molecule has 2 amide bonds. The molecule has 126 valence electrons. The standard InChI is InChI=1S/C19H21FN2O2/c1-15(23)22(13-17-7-9-18(20)10-8-17)14-19(24)21-12-11-16-5-3-2-4-6-16/h2-10H,11-14H2,1H3,(H,21,24). The van der Waals surface area contributed by atoms with Crippen molar-refractivity contribution in [1.82, 2.24) is 10.2 Å². The zero-order chi connectivity index (χ0) is 17.4. The number of nitrogens with zero attached hydrogens (tertiary/aromatic N) is 1. The van der Waals surface area contributed by atoms with E-state index in [2.05, 4.69) is 5.32 Å². The number of carbonyl (C=O) groups is 2. The van der Waals surface area contributed by atoms with Gasteiger partial charge < -0.3 is 10.2 Å². The summed E-state index contributed by atoms with van der Waals surface area (Å²) < 4.78 is 12.9. The smallest absolute Gasteiger partial charge is 0.239 e. The Labute approximate surface area is 141 Å². The number of nitrogens with one attached hydrogen (secondary N) is 1. The fourth-order valence-electron chi connectivity index (χ4n) is 2.31. The van der Waals surface area contributed by atoms with Crippen LogP contribution in [0.25, 0.3) is 0 Å². The molecular weight excluding hydrogens is 307 g/mol. The molecule has 0 radical (unpaired) electrons. The van der Waals surface area contributed by atoms with Gasteiger partial charge in [-0.3, -0.25) is 9.59 Å². The number of hydrogen-bond donors (Lipinski definition) is 1. The molecular formula is C19H21FN2O2. The second-order valence-electron chi connectivity index (χ2n) is 5.59. The second-order valence-corrected chi connectivity index (χ2v) is 5.59. The molecule has 0 fully saturated rings. The predicted molar refractivity (Wildman–Crippen MR) is 90.6 cm³/mol. The molecule has 0 spiro atoms. The minimum atomic E-state index is -0.327. The van der Waals surface area contributed by atoms with E-state index in [4.69, 9.17) is 0 Å². The summed E-state index contributed by atoms with van der Waals surface area (Å²) in [7, 11) is 0. The predicted octanol–water partition coefficient (Wildman–Crippen LogP) is 2.53. The van der Waals surface area contributed by atoms with Crippen LogP contribution in [0.4, 0.5) is 4.39 Å². The van der Waals surface area contributed by atoms with Crippen molar-refractivity contribution >= 4 is 11.8 Å². The maximum Gasteiger partial charge on any atom is 0.239 e. The average Bonchev–Trinajstić information content (AvgIpc) is 2.57. The van der Waals surface area contributed by atoms with E-state index in [9.17, 15) is 14.0 Å². The number of benzene rings is 2. The first-order valence-electron chi connectivity index (χ1n) is 7.85. The van der Waals surface area contributed by atoms with Crippen molar-refractivity contribution in [1.29, 1.82) is 0 Å². The highest BCUT2D eigenvalue weighted by Crippen LogP contribution is 2.07. The van der Waals surface area contributed by atoms with Crippen LogP contribution in [-0.2, 0) is 22.6 Å². The van der Waals surface area contributed by atoms with E-state index in [1.54, 1.807) is 12.1 Å². The van der Waals surface area contributed by atoms with E-state index in [1.807, 2.05) is 30.3 Å². The molecule has 0 aliphatic carbocycles. The van der Waals surface area contributed by atoms with E-state index in [1.165, 1.54) is 24.0 Å². The first-order valence-corrected chi connectivity index (χ1v) is 7.85. The number of halogens is 1. The molecule has 5 heteroatoms. The Balaban J connectivity index is 1.82. The third-order valence-corrected chi connectivity index (χ3v) is 3.65. The third-order valence-electron chi connectivity index (χ3n) is 3.65. The zero-order valence-corrected chi connectivity index (χ0v) is 13.7. The molecule has 0 bridgehead atoms. The van der Waals surface area contributed by atoms with Crippen LogP contribution in [0.5, 0.6) is 0 Å². The Bertz CT molecular complexity index is 672. The molecule has 2 aromatic rings.